The first-order valence-electron chi connectivity index (χ1n) is 7.95. The molecule has 0 radical (unpaired) electrons. The van der Waals surface area contributed by atoms with Crippen LogP contribution in [0.1, 0.15) is 41.3 Å². The number of benzene rings is 2. The molecule has 0 bridgehead atoms. The minimum absolute atomic E-state index is 0.213. The maximum absolute atomic E-state index is 12.0. The highest BCUT2D eigenvalue weighted by molar-refractivity contribution is 6.30. The van der Waals surface area contributed by atoms with Gasteiger partial charge in [0.25, 0.3) is 11.8 Å². The molecule has 0 fully saturated rings. The Kier molecular flexibility index (Phi) is 6.42. The molecule has 2 N–H and O–H groups in total. The van der Waals surface area contributed by atoms with Crippen LogP contribution in [0, 0.1) is 6.92 Å². The van der Waals surface area contributed by atoms with E-state index < -0.39 is 5.91 Å². The van der Waals surface area contributed by atoms with Crippen LogP contribution in [0.2, 0.25) is 5.02 Å². The van der Waals surface area contributed by atoms with Gasteiger partial charge in [0, 0.05) is 10.6 Å². The summed E-state index contributed by atoms with van der Waals surface area (Å²) in [6.07, 6.45) is 0. The minimum atomic E-state index is -0.457. The van der Waals surface area contributed by atoms with Crippen LogP contribution in [0.5, 0.6) is 5.75 Å². The van der Waals surface area contributed by atoms with Gasteiger partial charge in [-0.25, -0.2) is 0 Å². The fraction of sp³-hybridized carbons (Fsp3) is 0.263. The van der Waals surface area contributed by atoms with Crippen LogP contribution in [0.15, 0.2) is 42.5 Å². The van der Waals surface area contributed by atoms with E-state index in [0.29, 0.717) is 22.3 Å². The van der Waals surface area contributed by atoms with Gasteiger partial charge in [-0.1, -0.05) is 37.6 Å². The first-order chi connectivity index (χ1) is 11.9. The van der Waals surface area contributed by atoms with E-state index in [9.17, 15) is 9.59 Å². The topological polar surface area (TPSA) is 67.4 Å². The van der Waals surface area contributed by atoms with Crippen molar-refractivity contribution in [1.29, 1.82) is 0 Å². The first-order valence-corrected chi connectivity index (χ1v) is 8.32. The van der Waals surface area contributed by atoms with E-state index in [2.05, 4.69) is 24.7 Å². The van der Waals surface area contributed by atoms with Crippen molar-refractivity contribution in [2.45, 2.75) is 26.7 Å². The predicted molar refractivity (Wildman–Crippen MR) is 97.8 cm³/mol. The van der Waals surface area contributed by atoms with Crippen LogP contribution in [0.4, 0.5) is 0 Å². The average Bonchev–Trinajstić information content (AvgIpc) is 2.59. The number of rotatable bonds is 5. The van der Waals surface area contributed by atoms with E-state index >= 15 is 0 Å². The van der Waals surface area contributed by atoms with Crippen molar-refractivity contribution in [3.8, 4) is 5.75 Å². The fourth-order valence-electron chi connectivity index (χ4n) is 2.17. The second kappa shape index (κ2) is 8.53. The molecule has 0 saturated carbocycles. The highest BCUT2D eigenvalue weighted by Gasteiger charge is 2.09. The van der Waals surface area contributed by atoms with Crippen LogP contribution < -0.4 is 15.6 Å². The molecule has 6 heteroatoms. The molecule has 5 nitrogen and oxygen atoms in total. The molecule has 0 aliphatic carbocycles. The summed E-state index contributed by atoms with van der Waals surface area (Å²) < 4.78 is 5.41. The van der Waals surface area contributed by atoms with Crippen LogP contribution in [-0.4, -0.2) is 18.4 Å². The van der Waals surface area contributed by atoms with Crippen molar-refractivity contribution in [2.24, 2.45) is 0 Å². The molecule has 0 heterocycles. The molecule has 2 aromatic carbocycles. The molecule has 2 amide bonds. The van der Waals surface area contributed by atoms with Gasteiger partial charge in [0.1, 0.15) is 5.75 Å². The summed E-state index contributed by atoms with van der Waals surface area (Å²) in [5.74, 6) is 0.119. The number of halogens is 1. The molecule has 2 aromatic rings. The minimum Gasteiger partial charge on any atom is -0.483 e. The second-order valence-corrected chi connectivity index (χ2v) is 6.41. The molecule has 0 unspecified atom stereocenters. The predicted octanol–water partition coefficient (Wildman–Crippen LogP) is 3.61. The van der Waals surface area contributed by atoms with Gasteiger partial charge in [-0.2, -0.15) is 0 Å². The van der Waals surface area contributed by atoms with Crippen LogP contribution >= 0.6 is 11.6 Å². The second-order valence-electron chi connectivity index (χ2n) is 5.98. The first kappa shape index (κ1) is 18.8. The number of hydrazine groups is 1. The summed E-state index contributed by atoms with van der Waals surface area (Å²) in [6.45, 7) is 5.78. The average molecular weight is 361 g/mol. The fourth-order valence-corrected chi connectivity index (χ4v) is 2.40. The van der Waals surface area contributed by atoms with E-state index in [1.54, 1.807) is 30.3 Å². The van der Waals surface area contributed by atoms with Gasteiger partial charge < -0.3 is 4.74 Å². The van der Waals surface area contributed by atoms with E-state index in [-0.39, 0.29) is 12.5 Å². The van der Waals surface area contributed by atoms with Gasteiger partial charge >= 0.3 is 0 Å². The van der Waals surface area contributed by atoms with Gasteiger partial charge in [-0.15, -0.1) is 0 Å². The number of amides is 2. The number of hydrogen-bond acceptors (Lipinski definition) is 3. The number of aryl methyl sites for hydroxylation is 1. The monoisotopic (exact) mass is 360 g/mol. The standard InChI is InChI=1S/C19H21ClN2O3/c1-12(2)14-4-6-15(7-5-14)19(24)22-21-18(23)11-25-17-9-8-16(20)10-13(17)3/h4-10,12H,11H2,1-3H3,(H,21,23)(H,22,24). The SMILES string of the molecule is Cc1cc(Cl)ccc1OCC(=O)NNC(=O)c1ccc(C(C)C)cc1. The number of carbonyl (C=O) groups is 2. The van der Waals surface area contributed by atoms with Crippen molar-refractivity contribution in [3.63, 3.8) is 0 Å². The zero-order valence-electron chi connectivity index (χ0n) is 14.4. The third kappa shape index (κ3) is 5.50. The molecule has 132 valence electrons. The Hall–Kier alpha value is -2.53. The number of nitrogens with one attached hydrogen (secondary N) is 2. The Balaban J connectivity index is 1.81. The summed E-state index contributed by atoms with van der Waals surface area (Å²) in [7, 11) is 0. The summed E-state index contributed by atoms with van der Waals surface area (Å²) >= 11 is 5.87. The molecular weight excluding hydrogens is 340 g/mol. The Morgan fingerprint density at radius 1 is 1.08 bits per heavy atom. The number of carbonyl (C=O) groups excluding carboxylic acids is 2. The Morgan fingerprint density at radius 3 is 2.36 bits per heavy atom. The summed E-state index contributed by atoms with van der Waals surface area (Å²) in [6, 6.07) is 12.4. The Labute approximate surface area is 152 Å². The van der Waals surface area contributed by atoms with Gasteiger partial charge in [-0.05, 0) is 54.3 Å². The zero-order chi connectivity index (χ0) is 18.4. The van der Waals surface area contributed by atoms with Crippen molar-refractivity contribution in [2.75, 3.05) is 6.61 Å². The van der Waals surface area contributed by atoms with Gasteiger partial charge in [0.2, 0.25) is 0 Å². The van der Waals surface area contributed by atoms with Gasteiger partial charge in [-0.3, -0.25) is 20.4 Å². The number of hydrogen-bond donors (Lipinski definition) is 2. The maximum atomic E-state index is 12.0. The molecule has 0 spiro atoms. The lowest BCUT2D eigenvalue weighted by Crippen LogP contribution is -2.43. The summed E-state index contributed by atoms with van der Waals surface area (Å²) in [5.41, 5.74) is 7.14. The molecule has 0 aliphatic rings. The lowest BCUT2D eigenvalue weighted by molar-refractivity contribution is -0.123. The quantitative estimate of drug-likeness (QED) is 0.800. The third-order valence-electron chi connectivity index (χ3n) is 3.65. The molecule has 2 rings (SSSR count). The van der Waals surface area contributed by atoms with E-state index in [0.717, 1.165) is 11.1 Å². The molecule has 0 saturated heterocycles. The lowest BCUT2D eigenvalue weighted by atomic mass is 10.0. The summed E-state index contributed by atoms with van der Waals surface area (Å²) in [5, 5.41) is 0.602. The lowest BCUT2D eigenvalue weighted by Gasteiger charge is -2.11. The van der Waals surface area contributed by atoms with Crippen molar-refractivity contribution in [3.05, 3.63) is 64.2 Å². The van der Waals surface area contributed by atoms with Crippen molar-refractivity contribution >= 4 is 23.4 Å². The van der Waals surface area contributed by atoms with E-state index in [1.807, 2.05) is 19.1 Å². The van der Waals surface area contributed by atoms with Crippen molar-refractivity contribution < 1.29 is 14.3 Å². The van der Waals surface area contributed by atoms with E-state index in [1.165, 1.54) is 0 Å². The Bertz CT molecular complexity index is 758. The molecule has 0 atom stereocenters. The molecule has 0 aliphatic heterocycles. The molecular formula is C19H21ClN2O3. The van der Waals surface area contributed by atoms with Crippen LogP contribution in [-0.2, 0) is 4.79 Å². The van der Waals surface area contributed by atoms with Gasteiger partial charge in [0.05, 0.1) is 0 Å². The van der Waals surface area contributed by atoms with Gasteiger partial charge in [0.15, 0.2) is 6.61 Å². The normalized spacial score (nSPS) is 10.4. The third-order valence-corrected chi connectivity index (χ3v) is 3.89. The maximum Gasteiger partial charge on any atom is 0.276 e. The van der Waals surface area contributed by atoms with Crippen LogP contribution in [0.3, 0.4) is 0 Å². The molecule has 0 aromatic heterocycles. The highest BCUT2D eigenvalue weighted by Crippen LogP contribution is 2.21. The zero-order valence-corrected chi connectivity index (χ0v) is 15.2. The van der Waals surface area contributed by atoms with E-state index in [4.69, 9.17) is 16.3 Å². The van der Waals surface area contributed by atoms with Crippen molar-refractivity contribution in [1.82, 2.24) is 10.9 Å². The van der Waals surface area contributed by atoms with Crippen LogP contribution in [0.25, 0.3) is 0 Å². The summed E-state index contributed by atoms with van der Waals surface area (Å²) in [4.78, 5) is 23.8. The Morgan fingerprint density at radius 2 is 1.76 bits per heavy atom. The smallest absolute Gasteiger partial charge is 0.276 e. The molecule has 25 heavy (non-hydrogen) atoms. The highest BCUT2D eigenvalue weighted by atomic mass is 35.5. The number of ether oxygens (including phenoxy) is 1. The largest absolute Gasteiger partial charge is 0.483 e.